The third-order valence-corrected chi connectivity index (χ3v) is 2.93. The normalized spacial score (nSPS) is 23.9. The van der Waals surface area contributed by atoms with Gasteiger partial charge >= 0.3 is 0 Å². The van der Waals surface area contributed by atoms with Gasteiger partial charge in [-0.05, 0) is 25.5 Å². The summed E-state index contributed by atoms with van der Waals surface area (Å²) >= 11 is 0. The monoisotopic (exact) mass is 195 g/mol. The first kappa shape index (κ1) is 9.74. The lowest BCUT2D eigenvalue weighted by Gasteiger charge is -2.34. The summed E-state index contributed by atoms with van der Waals surface area (Å²) < 4.78 is 5.04. The van der Waals surface area contributed by atoms with E-state index in [4.69, 9.17) is 4.42 Å². The molecule has 3 heteroatoms. The maximum atomic E-state index is 9.22. The number of aliphatic hydroxyl groups excluding tert-OH is 1. The fourth-order valence-corrected chi connectivity index (χ4v) is 2.09. The number of hydrogen-bond donors (Lipinski definition) is 1. The molecule has 14 heavy (non-hydrogen) atoms. The molecule has 1 atom stereocenters. The minimum atomic E-state index is 0.276. The molecule has 1 aromatic rings. The van der Waals surface area contributed by atoms with Crippen LogP contribution in [-0.2, 0) is 6.54 Å². The van der Waals surface area contributed by atoms with Crippen molar-refractivity contribution >= 4 is 0 Å². The van der Waals surface area contributed by atoms with Crippen molar-refractivity contribution in [2.75, 3.05) is 13.2 Å². The van der Waals surface area contributed by atoms with Gasteiger partial charge in [0, 0.05) is 18.2 Å². The van der Waals surface area contributed by atoms with Gasteiger partial charge in [-0.25, -0.2) is 0 Å². The molecule has 0 aliphatic carbocycles. The van der Waals surface area contributed by atoms with Crippen molar-refractivity contribution in [3.8, 4) is 0 Å². The number of likely N-dealkylation sites (tertiary alicyclic amines) is 1. The van der Waals surface area contributed by atoms with Crippen molar-refractivity contribution in [2.24, 2.45) is 0 Å². The Labute approximate surface area is 84.3 Å². The molecular formula is C11H17NO2. The van der Waals surface area contributed by atoms with E-state index in [9.17, 15) is 5.11 Å². The van der Waals surface area contributed by atoms with E-state index in [0.29, 0.717) is 6.04 Å². The lowest BCUT2D eigenvalue weighted by molar-refractivity contribution is 0.0839. The third kappa shape index (κ3) is 2.16. The second-order valence-corrected chi connectivity index (χ2v) is 3.93. The van der Waals surface area contributed by atoms with E-state index in [1.807, 2.05) is 6.07 Å². The minimum Gasteiger partial charge on any atom is -0.472 e. The molecule has 1 aliphatic rings. The van der Waals surface area contributed by atoms with E-state index in [-0.39, 0.29) is 6.61 Å². The van der Waals surface area contributed by atoms with Gasteiger partial charge in [-0.3, -0.25) is 4.90 Å². The molecule has 78 valence electrons. The summed E-state index contributed by atoms with van der Waals surface area (Å²) in [6.45, 7) is 2.27. The Morgan fingerprint density at radius 3 is 3.14 bits per heavy atom. The van der Waals surface area contributed by atoms with Gasteiger partial charge in [0.2, 0.25) is 0 Å². The second-order valence-electron chi connectivity index (χ2n) is 3.93. The first-order valence-electron chi connectivity index (χ1n) is 5.26. The fourth-order valence-electron chi connectivity index (χ4n) is 2.09. The van der Waals surface area contributed by atoms with Crippen LogP contribution in [0.2, 0.25) is 0 Å². The molecule has 0 amide bonds. The number of aliphatic hydroxyl groups is 1. The molecule has 1 unspecified atom stereocenters. The topological polar surface area (TPSA) is 36.6 Å². The largest absolute Gasteiger partial charge is 0.472 e. The molecular weight excluding hydrogens is 178 g/mol. The number of hydrogen-bond acceptors (Lipinski definition) is 3. The summed E-state index contributed by atoms with van der Waals surface area (Å²) in [7, 11) is 0. The molecule has 3 nitrogen and oxygen atoms in total. The second kappa shape index (κ2) is 4.62. The van der Waals surface area contributed by atoms with Crippen molar-refractivity contribution in [1.82, 2.24) is 4.90 Å². The van der Waals surface area contributed by atoms with Gasteiger partial charge in [0.15, 0.2) is 0 Å². The first-order chi connectivity index (χ1) is 6.90. The van der Waals surface area contributed by atoms with Gasteiger partial charge < -0.3 is 9.52 Å². The summed E-state index contributed by atoms with van der Waals surface area (Å²) in [5.41, 5.74) is 1.20. The van der Waals surface area contributed by atoms with Crippen LogP contribution in [-0.4, -0.2) is 29.2 Å². The maximum Gasteiger partial charge on any atom is 0.0947 e. The summed E-state index contributed by atoms with van der Waals surface area (Å²) in [4.78, 5) is 2.34. The Kier molecular flexibility index (Phi) is 3.22. The Morgan fingerprint density at radius 2 is 2.43 bits per heavy atom. The Hall–Kier alpha value is -0.800. The predicted molar refractivity (Wildman–Crippen MR) is 53.8 cm³/mol. The van der Waals surface area contributed by atoms with Gasteiger partial charge in [-0.2, -0.15) is 0 Å². The predicted octanol–water partition coefficient (Wildman–Crippen LogP) is 1.63. The van der Waals surface area contributed by atoms with Crippen molar-refractivity contribution in [3.63, 3.8) is 0 Å². The van der Waals surface area contributed by atoms with Crippen LogP contribution in [0.5, 0.6) is 0 Å². The van der Waals surface area contributed by atoms with Crippen LogP contribution < -0.4 is 0 Å². The van der Waals surface area contributed by atoms with Crippen molar-refractivity contribution in [2.45, 2.75) is 31.8 Å². The average molecular weight is 195 g/mol. The van der Waals surface area contributed by atoms with Gasteiger partial charge in [0.05, 0.1) is 19.1 Å². The smallest absolute Gasteiger partial charge is 0.0947 e. The summed E-state index contributed by atoms with van der Waals surface area (Å²) in [6, 6.07) is 2.34. The number of piperidine rings is 1. The highest BCUT2D eigenvalue weighted by Gasteiger charge is 2.21. The Balaban J connectivity index is 1.94. The van der Waals surface area contributed by atoms with E-state index >= 15 is 0 Å². The lowest BCUT2D eigenvalue weighted by atomic mass is 10.0. The van der Waals surface area contributed by atoms with Gasteiger partial charge in [-0.15, -0.1) is 0 Å². The van der Waals surface area contributed by atoms with E-state index in [0.717, 1.165) is 19.5 Å². The summed E-state index contributed by atoms with van der Waals surface area (Å²) in [5, 5.41) is 9.22. The number of nitrogens with zero attached hydrogens (tertiary/aromatic N) is 1. The molecule has 2 rings (SSSR count). The van der Waals surface area contributed by atoms with Crippen LogP contribution in [0.3, 0.4) is 0 Å². The van der Waals surface area contributed by atoms with Crippen molar-refractivity contribution in [3.05, 3.63) is 24.2 Å². The molecule has 0 radical (unpaired) electrons. The van der Waals surface area contributed by atoms with Gasteiger partial charge in [0.25, 0.3) is 0 Å². The maximum absolute atomic E-state index is 9.22. The zero-order valence-corrected chi connectivity index (χ0v) is 8.35. The standard InChI is InChI=1S/C11H17NO2/c13-8-11-3-1-2-5-12(11)7-10-4-6-14-9-10/h4,6,9,11,13H,1-3,5,7-8H2. The molecule has 0 spiro atoms. The van der Waals surface area contributed by atoms with Crippen LogP contribution >= 0.6 is 0 Å². The molecule has 1 aliphatic heterocycles. The van der Waals surface area contributed by atoms with Crippen LogP contribution in [0, 0.1) is 0 Å². The summed E-state index contributed by atoms with van der Waals surface area (Å²) in [5.74, 6) is 0. The zero-order valence-electron chi connectivity index (χ0n) is 8.35. The zero-order chi connectivity index (χ0) is 9.80. The molecule has 0 bridgehead atoms. The number of furan rings is 1. The highest BCUT2D eigenvalue weighted by molar-refractivity contribution is 5.05. The summed E-state index contributed by atoms with van der Waals surface area (Å²) in [6.07, 6.45) is 7.09. The van der Waals surface area contributed by atoms with Gasteiger partial charge in [-0.1, -0.05) is 6.42 Å². The Morgan fingerprint density at radius 1 is 1.50 bits per heavy atom. The van der Waals surface area contributed by atoms with Crippen LogP contribution in [0.4, 0.5) is 0 Å². The van der Waals surface area contributed by atoms with Crippen molar-refractivity contribution in [1.29, 1.82) is 0 Å². The molecule has 2 heterocycles. The molecule has 0 saturated carbocycles. The third-order valence-electron chi connectivity index (χ3n) is 2.93. The Bertz CT molecular complexity index is 258. The molecule has 1 saturated heterocycles. The molecule has 1 fully saturated rings. The quantitative estimate of drug-likeness (QED) is 0.796. The van der Waals surface area contributed by atoms with E-state index < -0.39 is 0 Å². The van der Waals surface area contributed by atoms with Crippen LogP contribution in [0.1, 0.15) is 24.8 Å². The highest BCUT2D eigenvalue weighted by Crippen LogP contribution is 2.19. The van der Waals surface area contributed by atoms with Crippen molar-refractivity contribution < 1.29 is 9.52 Å². The minimum absolute atomic E-state index is 0.276. The molecule has 1 N–H and O–H groups in total. The van der Waals surface area contributed by atoms with Crippen LogP contribution in [0.15, 0.2) is 23.0 Å². The van der Waals surface area contributed by atoms with E-state index in [1.54, 1.807) is 12.5 Å². The highest BCUT2D eigenvalue weighted by atomic mass is 16.3. The first-order valence-corrected chi connectivity index (χ1v) is 5.26. The van der Waals surface area contributed by atoms with Crippen LogP contribution in [0.25, 0.3) is 0 Å². The fraction of sp³-hybridized carbons (Fsp3) is 0.636. The molecule has 1 aromatic heterocycles. The van der Waals surface area contributed by atoms with Gasteiger partial charge in [0.1, 0.15) is 0 Å². The van der Waals surface area contributed by atoms with E-state index in [2.05, 4.69) is 4.90 Å². The lowest BCUT2D eigenvalue weighted by Crippen LogP contribution is -2.41. The number of rotatable bonds is 3. The van der Waals surface area contributed by atoms with E-state index in [1.165, 1.54) is 18.4 Å². The average Bonchev–Trinajstić information content (AvgIpc) is 2.71. The SMILES string of the molecule is OCC1CCCCN1Cc1ccoc1. The molecule has 0 aromatic carbocycles.